The van der Waals surface area contributed by atoms with Crippen LogP contribution in [0.1, 0.15) is 16.1 Å². The lowest BCUT2D eigenvalue weighted by atomic mass is 10.2. The number of amides is 1. The Kier molecular flexibility index (Phi) is 3.75. The van der Waals surface area contributed by atoms with Gasteiger partial charge in [-0.25, -0.2) is 4.39 Å². The third-order valence-corrected chi connectivity index (χ3v) is 2.65. The van der Waals surface area contributed by atoms with Gasteiger partial charge in [-0.1, -0.05) is 6.07 Å². The number of anilines is 2. The van der Waals surface area contributed by atoms with Crippen LogP contribution in [0.3, 0.4) is 0 Å². The first-order valence-electron chi connectivity index (χ1n) is 5.81. The zero-order valence-corrected chi connectivity index (χ0v) is 10.7. The molecular formula is C14H14FN3O. The van der Waals surface area contributed by atoms with E-state index in [0.717, 1.165) is 11.3 Å². The van der Waals surface area contributed by atoms with Gasteiger partial charge < -0.3 is 10.6 Å². The largest absolute Gasteiger partial charge is 0.388 e. The maximum absolute atomic E-state index is 13.5. The van der Waals surface area contributed by atoms with Gasteiger partial charge in [-0.15, -0.1) is 0 Å². The number of aromatic nitrogens is 1. The number of hydrogen-bond donors (Lipinski definition) is 2. The Morgan fingerprint density at radius 2 is 2.05 bits per heavy atom. The van der Waals surface area contributed by atoms with Gasteiger partial charge in [-0.05, 0) is 36.8 Å². The minimum absolute atomic E-state index is 0.154. The molecule has 98 valence electrons. The molecule has 0 saturated carbocycles. The number of benzene rings is 1. The molecule has 0 bridgehead atoms. The Labute approximate surface area is 110 Å². The second-order valence-corrected chi connectivity index (χ2v) is 4.12. The molecule has 2 rings (SSSR count). The van der Waals surface area contributed by atoms with Crippen molar-refractivity contribution in [2.45, 2.75) is 6.92 Å². The summed E-state index contributed by atoms with van der Waals surface area (Å²) in [6.07, 6.45) is 1.52. The molecule has 5 heteroatoms. The van der Waals surface area contributed by atoms with Crippen LogP contribution in [-0.4, -0.2) is 17.9 Å². The Morgan fingerprint density at radius 1 is 1.26 bits per heavy atom. The molecule has 0 atom stereocenters. The fourth-order valence-electron chi connectivity index (χ4n) is 1.63. The first-order chi connectivity index (χ1) is 9.10. The second-order valence-electron chi connectivity index (χ2n) is 4.12. The van der Waals surface area contributed by atoms with Gasteiger partial charge in [0, 0.05) is 18.9 Å². The normalized spacial score (nSPS) is 10.1. The van der Waals surface area contributed by atoms with Crippen LogP contribution in [0.15, 0.2) is 36.5 Å². The number of nitrogens with one attached hydrogen (secondary N) is 2. The van der Waals surface area contributed by atoms with Crippen LogP contribution in [-0.2, 0) is 0 Å². The van der Waals surface area contributed by atoms with Crippen LogP contribution in [0.4, 0.5) is 15.8 Å². The standard InChI is InChI=1S/C14H14FN3O/c1-9-3-4-11(15)12(7-9)18-14(19)13-8-10(16-2)5-6-17-13/h3-8H,1-2H3,(H,16,17)(H,18,19). The first-order valence-corrected chi connectivity index (χ1v) is 5.81. The Bertz CT molecular complexity index is 613. The van der Waals surface area contributed by atoms with E-state index in [4.69, 9.17) is 0 Å². The van der Waals surface area contributed by atoms with E-state index >= 15 is 0 Å². The highest BCUT2D eigenvalue weighted by molar-refractivity contribution is 6.03. The van der Waals surface area contributed by atoms with Crippen molar-refractivity contribution in [3.8, 4) is 0 Å². The lowest BCUT2D eigenvalue weighted by Gasteiger charge is -2.07. The van der Waals surface area contributed by atoms with E-state index in [-0.39, 0.29) is 11.4 Å². The Hall–Kier alpha value is -2.43. The topological polar surface area (TPSA) is 54.0 Å². The van der Waals surface area contributed by atoms with Crippen LogP contribution in [0.5, 0.6) is 0 Å². The molecule has 0 spiro atoms. The van der Waals surface area contributed by atoms with E-state index < -0.39 is 11.7 Å². The van der Waals surface area contributed by atoms with E-state index in [1.54, 1.807) is 31.3 Å². The zero-order valence-electron chi connectivity index (χ0n) is 10.7. The van der Waals surface area contributed by atoms with Crippen LogP contribution < -0.4 is 10.6 Å². The number of nitrogens with zero attached hydrogens (tertiary/aromatic N) is 1. The Balaban J connectivity index is 2.22. The number of hydrogen-bond acceptors (Lipinski definition) is 3. The predicted molar refractivity (Wildman–Crippen MR) is 72.9 cm³/mol. The SMILES string of the molecule is CNc1ccnc(C(=O)Nc2cc(C)ccc2F)c1. The molecule has 0 saturated heterocycles. The molecule has 1 amide bonds. The molecule has 1 aromatic carbocycles. The summed E-state index contributed by atoms with van der Waals surface area (Å²) in [7, 11) is 1.75. The fraction of sp³-hybridized carbons (Fsp3) is 0.143. The average molecular weight is 259 g/mol. The molecule has 0 aliphatic carbocycles. The molecule has 2 aromatic rings. The summed E-state index contributed by atoms with van der Waals surface area (Å²) < 4.78 is 13.5. The molecule has 1 heterocycles. The molecule has 0 unspecified atom stereocenters. The summed E-state index contributed by atoms with van der Waals surface area (Å²) in [6.45, 7) is 1.83. The highest BCUT2D eigenvalue weighted by Gasteiger charge is 2.11. The van der Waals surface area contributed by atoms with Crippen molar-refractivity contribution in [3.63, 3.8) is 0 Å². The summed E-state index contributed by atoms with van der Waals surface area (Å²) in [5.74, 6) is -0.912. The van der Waals surface area contributed by atoms with Crippen molar-refractivity contribution in [2.75, 3.05) is 17.7 Å². The number of aryl methyl sites for hydroxylation is 1. The lowest BCUT2D eigenvalue weighted by Crippen LogP contribution is -2.15. The summed E-state index contributed by atoms with van der Waals surface area (Å²) in [5, 5.41) is 5.43. The van der Waals surface area contributed by atoms with Gasteiger partial charge in [0.1, 0.15) is 11.5 Å². The van der Waals surface area contributed by atoms with E-state index in [1.807, 2.05) is 6.92 Å². The maximum Gasteiger partial charge on any atom is 0.274 e. The van der Waals surface area contributed by atoms with Gasteiger partial charge >= 0.3 is 0 Å². The van der Waals surface area contributed by atoms with Gasteiger partial charge in [0.2, 0.25) is 0 Å². The van der Waals surface area contributed by atoms with Crippen molar-refractivity contribution in [3.05, 3.63) is 53.6 Å². The van der Waals surface area contributed by atoms with Crippen molar-refractivity contribution >= 4 is 17.3 Å². The van der Waals surface area contributed by atoms with Crippen LogP contribution >= 0.6 is 0 Å². The minimum atomic E-state index is -0.469. The quantitative estimate of drug-likeness (QED) is 0.891. The molecule has 0 radical (unpaired) electrons. The first kappa shape index (κ1) is 13.0. The third-order valence-electron chi connectivity index (χ3n) is 2.65. The zero-order chi connectivity index (χ0) is 13.8. The molecule has 1 aromatic heterocycles. The van der Waals surface area contributed by atoms with E-state index in [2.05, 4.69) is 15.6 Å². The summed E-state index contributed by atoms with van der Waals surface area (Å²) >= 11 is 0. The van der Waals surface area contributed by atoms with Crippen LogP contribution in [0.25, 0.3) is 0 Å². The molecule has 0 aliphatic heterocycles. The molecule has 2 N–H and O–H groups in total. The van der Waals surface area contributed by atoms with Crippen molar-refractivity contribution in [1.82, 2.24) is 4.98 Å². The van der Waals surface area contributed by atoms with Crippen LogP contribution in [0.2, 0.25) is 0 Å². The molecule has 4 nitrogen and oxygen atoms in total. The van der Waals surface area contributed by atoms with Crippen LogP contribution in [0, 0.1) is 12.7 Å². The summed E-state index contributed by atoms with van der Waals surface area (Å²) in [6, 6.07) is 7.88. The van der Waals surface area contributed by atoms with Gasteiger partial charge in [-0.3, -0.25) is 9.78 Å². The maximum atomic E-state index is 13.5. The Morgan fingerprint density at radius 3 is 2.79 bits per heavy atom. The van der Waals surface area contributed by atoms with Crippen molar-refractivity contribution in [1.29, 1.82) is 0 Å². The van der Waals surface area contributed by atoms with Gasteiger partial charge in [0.15, 0.2) is 0 Å². The molecular weight excluding hydrogens is 245 g/mol. The average Bonchev–Trinajstić information content (AvgIpc) is 2.43. The molecule has 19 heavy (non-hydrogen) atoms. The highest BCUT2D eigenvalue weighted by atomic mass is 19.1. The van der Waals surface area contributed by atoms with Gasteiger partial charge in [0.25, 0.3) is 5.91 Å². The highest BCUT2D eigenvalue weighted by Crippen LogP contribution is 2.17. The minimum Gasteiger partial charge on any atom is -0.388 e. The smallest absolute Gasteiger partial charge is 0.274 e. The summed E-state index contributed by atoms with van der Waals surface area (Å²) in [5.41, 5.74) is 2.02. The monoisotopic (exact) mass is 259 g/mol. The van der Waals surface area contributed by atoms with E-state index in [0.29, 0.717) is 0 Å². The van der Waals surface area contributed by atoms with Crippen molar-refractivity contribution in [2.24, 2.45) is 0 Å². The number of pyridine rings is 1. The molecule has 0 aliphatic rings. The second kappa shape index (κ2) is 5.48. The third kappa shape index (κ3) is 3.07. The fourth-order valence-corrected chi connectivity index (χ4v) is 1.63. The van der Waals surface area contributed by atoms with E-state index in [9.17, 15) is 9.18 Å². The molecule has 0 fully saturated rings. The number of halogens is 1. The van der Waals surface area contributed by atoms with Crippen molar-refractivity contribution < 1.29 is 9.18 Å². The predicted octanol–water partition coefficient (Wildman–Crippen LogP) is 2.82. The summed E-state index contributed by atoms with van der Waals surface area (Å²) in [4.78, 5) is 15.9. The number of carbonyl (C=O) groups excluding carboxylic acids is 1. The van der Waals surface area contributed by atoms with Gasteiger partial charge in [-0.2, -0.15) is 0 Å². The van der Waals surface area contributed by atoms with Gasteiger partial charge in [0.05, 0.1) is 5.69 Å². The van der Waals surface area contributed by atoms with E-state index in [1.165, 1.54) is 12.3 Å². The number of carbonyl (C=O) groups is 1. The lowest BCUT2D eigenvalue weighted by molar-refractivity contribution is 0.102. The number of rotatable bonds is 3.